The van der Waals surface area contributed by atoms with Crippen LogP contribution in [0.3, 0.4) is 0 Å². The zero-order valence-electron chi connectivity index (χ0n) is 13.0. The van der Waals surface area contributed by atoms with E-state index in [9.17, 15) is 12.8 Å². The van der Waals surface area contributed by atoms with Gasteiger partial charge in [0.05, 0.1) is 23.1 Å². The summed E-state index contributed by atoms with van der Waals surface area (Å²) in [6.45, 7) is 0.869. The van der Waals surface area contributed by atoms with Crippen molar-refractivity contribution in [3.63, 3.8) is 0 Å². The number of nitrogens with zero attached hydrogens (tertiary/aromatic N) is 2. The fourth-order valence-corrected chi connectivity index (χ4v) is 5.46. The molecule has 1 aromatic carbocycles. The molecule has 1 aliphatic rings. The van der Waals surface area contributed by atoms with Crippen molar-refractivity contribution in [1.29, 1.82) is 5.26 Å². The normalized spacial score (nSPS) is 19.5. The van der Waals surface area contributed by atoms with E-state index >= 15 is 0 Å². The molecule has 2 aromatic rings. The molecule has 24 heavy (non-hydrogen) atoms. The van der Waals surface area contributed by atoms with Crippen LogP contribution in [0.5, 0.6) is 0 Å². The number of benzene rings is 1. The summed E-state index contributed by atoms with van der Waals surface area (Å²) < 4.78 is 37.8. The molecular weight excluding hydrogens is 347 g/mol. The van der Waals surface area contributed by atoms with Crippen LogP contribution in [-0.4, -0.2) is 30.9 Å². The van der Waals surface area contributed by atoms with E-state index in [1.54, 1.807) is 17.4 Å². The average molecular weight is 364 g/mol. The van der Waals surface area contributed by atoms with Gasteiger partial charge in [0.1, 0.15) is 5.82 Å². The Balaban J connectivity index is 1.86. The molecule has 1 saturated heterocycles. The molecule has 0 saturated carbocycles. The zero-order valence-corrected chi connectivity index (χ0v) is 14.6. The van der Waals surface area contributed by atoms with Gasteiger partial charge in [0, 0.05) is 29.6 Å². The van der Waals surface area contributed by atoms with Crippen molar-refractivity contribution in [2.24, 2.45) is 0 Å². The summed E-state index contributed by atoms with van der Waals surface area (Å²) in [5.74, 6) is -0.0805. The Bertz CT molecular complexity index is 857. The summed E-state index contributed by atoms with van der Waals surface area (Å²) >= 11 is 1.60. The van der Waals surface area contributed by atoms with Crippen molar-refractivity contribution >= 4 is 21.2 Å². The highest BCUT2D eigenvalue weighted by Gasteiger charge is 2.32. The Labute approximate surface area is 145 Å². The molecule has 1 fully saturated rings. The molecule has 0 spiro atoms. The maximum atomic E-state index is 14.1. The highest BCUT2D eigenvalue weighted by Crippen LogP contribution is 2.24. The van der Waals surface area contributed by atoms with E-state index in [0.717, 1.165) is 4.88 Å². The number of thiophene rings is 1. The van der Waals surface area contributed by atoms with Crippen molar-refractivity contribution < 1.29 is 12.8 Å². The summed E-state index contributed by atoms with van der Waals surface area (Å²) in [5.41, 5.74) is 0.830. The number of halogens is 1. The van der Waals surface area contributed by atoms with Gasteiger partial charge in [0.25, 0.3) is 0 Å². The molecule has 1 aliphatic heterocycles. The number of rotatable bonds is 5. The molecule has 126 valence electrons. The first-order valence-electron chi connectivity index (χ1n) is 7.62. The Hall–Kier alpha value is -1.75. The quantitative estimate of drug-likeness (QED) is 0.818. The summed E-state index contributed by atoms with van der Waals surface area (Å²) in [6.07, 6.45) is 0.563. The highest BCUT2D eigenvalue weighted by atomic mass is 32.2. The Morgan fingerprint density at radius 3 is 2.79 bits per heavy atom. The van der Waals surface area contributed by atoms with Gasteiger partial charge < -0.3 is 0 Å². The molecular formula is C17H17FN2O2S2. The van der Waals surface area contributed by atoms with E-state index in [1.165, 1.54) is 12.1 Å². The zero-order chi connectivity index (χ0) is 17.2. The minimum Gasteiger partial charge on any atom is -0.290 e. The number of hydrogen-bond acceptors (Lipinski definition) is 5. The third-order valence-electron chi connectivity index (χ3n) is 4.21. The molecule has 4 nitrogen and oxygen atoms in total. The SMILES string of the molecule is N#Cc1ccc(F)c(CN(Cc2cccs2)[C@H]2CCS(=O)(=O)C2)c1. The fourth-order valence-electron chi connectivity index (χ4n) is 2.96. The van der Waals surface area contributed by atoms with Gasteiger partial charge in [-0.25, -0.2) is 12.8 Å². The van der Waals surface area contributed by atoms with E-state index in [1.807, 2.05) is 28.5 Å². The summed E-state index contributed by atoms with van der Waals surface area (Å²) in [4.78, 5) is 3.12. The largest absolute Gasteiger partial charge is 0.290 e. The molecule has 7 heteroatoms. The second kappa shape index (κ2) is 7.01. The lowest BCUT2D eigenvalue weighted by molar-refractivity contribution is 0.193. The van der Waals surface area contributed by atoms with Crippen molar-refractivity contribution in [2.45, 2.75) is 25.6 Å². The number of sulfone groups is 1. The number of nitriles is 1. The Morgan fingerprint density at radius 2 is 2.17 bits per heavy atom. The standard InChI is InChI=1S/C17H17FN2O2S2/c18-17-4-3-13(9-19)8-14(17)10-20(11-16-2-1-6-23-16)15-5-7-24(21,22)12-15/h1-4,6,8,15H,5,7,10-12H2/t15-/m0/s1. The predicted molar refractivity (Wildman–Crippen MR) is 91.7 cm³/mol. The molecule has 0 amide bonds. The van der Waals surface area contributed by atoms with Gasteiger partial charge in [-0.2, -0.15) is 5.26 Å². The van der Waals surface area contributed by atoms with Crippen LogP contribution in [0.1, 0.15) is 22.4 Å². The van der Waals surface area contributed by atoms with Gasteiger partial charge in [0.15, 0.2) is 9.84 Å². The van der Waals surface area contributed by atoms with Crippen molar-refractivity contribution in [3.8, 4) is 6.07 Å². The molecule has 2 heterocycles. The van der Waals surface area contributed by atoms with Crippen LogP contribution in [0.4, 0.5) is 4.39 Å². The van der Waals surface area contributed by atoms with Gasteiger partial charge in [0.2, 0.25) is 0 Å². The first kappa shape index (κ1) is 17.1. The first-order valence-corrected chi connectivity index (χ1v) is 10.3. The average Bonchev–Trinajstić information content (AvgIpc) is 3.18. The lowest BCUT2D eigenvalue weighted by Gasteiger charge is -2.28. The molecule has 0 radical (unpaired) electrons. The van der Waals surface area contributed by atoms with Crippen LogP contribution >= 0.6 is 11.3 Å². The molecule has 0 unspecified atom stereocenters. The minimum absolute atomic E-state index is 0.109. The van der Waals surface area contributed by atoms with Gasteiger partial charge in [-0.3, -0.25) is 4.90 Å². The van der Waals surface area contributed by atoms with Crippen LogP contribution in [-0.2, 0) is 22.9 Å². The Morgan fingerprint density at radius 1 is 1.33 bits per heavy atom. The predicted octanol–water partition coefficient (Wildman–Crippen LogP) is 2.95. The van der Waals surface area contributed by atoms with Gasteiger partial charge in [-0.1, -0.05) is 6.07 Å². The minimum atomic E-state index is -3.02. The summed E-state index contributed by atoms with van der Waals surface area (Å²) in [5, 5.41) is 11.0. The number of hydrogen-bond donors (Lipinski definition) is 0. The highest BCUT2D eigenvalue weighted by molar-refractivity contribution is 7.91. The van der Waals surface area contributed by atoms with Crippen molar-refractivity contribution in [1.82, 2.24) is 4.90 Å². The second-order valence-corrected chi connectivity index (χ2v) is 9.22. The van der Waals surface area contributed by atoms with Gasteiger partial charge in [-0.05, 0) is 36.1 Å². The van der Waals surface area contributed by atoms with E-state index in [2.05, 4.69) is 0 Å². The molecule has 1 atom stereocenters. The first-order chi connectivity index (χ1) is 11.5. The molecule has 0 bridgehead atoms. The van der Waals surface area contributed by atoms with Crippen LogP contribution in [0, 0.1) is 17.1 Å². The van der Waals surface area contributed by atoms with Crippen LogP contribution in [0.15, 0.2) is 35.7 Å². The maximum absolute atomic E-state index is 14.1. The molecule has 0 aliphatic carbocycles. The lowest BCUT2D eigenvalue weighted by atomic mass is 10.1. The van der Waals surface area contributed by atoms with Crippen LogP contribution < -0.4 is 0 Å². The molecule has 3 rings (SSSR count). The molecule has 1 aromatic heterocycles. The van der Waals surface area contributed by atoms with Crippen LogP contribution in [0.25, 0.3) is 0 Å². The molecule has 0 N–H and O–H groups in total. The van der Waals surface area contributed by atoms with E-state index in [4.69, 9.17) is 5.26 Å². The van der Waals surface area contributed by atoms with Crippen molar-refractivity contribution in [3.05, 3.63) is 57.5 Å². The van der Waals surface area contributed by atoms with Crippen molar-refractivity contribution in [2.75, 3.05) is 11.5 Å². The lowest BCUT2D eigenvalue weighted by Crippen LogP contribution is -2.35. The van der Waals surface area contributed by atoms with Crippen LogP contribution in [0.2, 0.25) is 0 Å². The Kier molecular flexibility index (Phi) is 4.99. The monoisotopic (exact) mass is 364 g/mol. The van der Waals surface area contributed by atoms with E-state index in [-0.39, 0.29) is 23.4 Å². The van der Waals surface area contributed by atoms with E-state index in [0.29, 0.717) is 30.6 Å². The maximum Gasteiger partial charge on any atom is 0.151 e. The van der Waals surface area contributed by atoms with Gasteiger partial charge in [-0.15, -0.1) is 11.3 Å². The topological polar surface area (TPSA) is 61.2 Å². The second-order valence-electron chi connectivity index (χ2n) is 5.96. The summed E-state index contributed by atoms with van der Waals surface area (Å²) in [6, 6.07) is 10.1. The third-order valence-corrected chi connectivity index (χ3v) is 6.82. The smallest absolute Gasteiger partial charge is 0.151 e. The fraction of sp³-hybridized carbons (Fsp3) is 0.353. The summed E-state index contributed by atoms with van der Waals surface area (Å²) in [7, 11) is -3.02. The van der Waals surface area contributed by atoms with E-state index < -0.39 is 9.84 Å². The third kappa shape index (κ3) is 4.01. The van der Waals surface area contributed by atoms with Gasteiger partial charge >= 0.3 is 0 Å².